The normalized spacial score (nSPS) is 20.6. The van der Waals surface area contributed by atoms with Gasteiger partial charge in [-0.15, -0.1) is 0 Å². The predicted octanol–water partition coefficient (Wildman–Crippen LogP) is 4.85. The lowest BCUT2D eigenvalue weighted by Crippen LogP contribution is -2.54. The maximum atomic E-state index is 12.8. The van der Waals surface area contributed by atoms with Crippen LogP contribution in [0.2, 0.25) is 18.1 Å². The highest BCUT2D eigenvalue weighted by Crippen LogP contribution is 2.41. The number of ketones is 1. The van der Waals surface area contributed by atoms with Crippen molar-refractivity contribution in [3.8, 4) is 23.7 Å². The van der Waals surface area contributed by atoms with Crippen LogP contribution in [-0.4, -0.2) is 39.2 Å². The molecule has 0 heterocycles. The van der Waals surface area contributed by atoms with Gasteiger partial charge in [0.05, 0.1) is 0 Å². The molecule has 156 valence electrons. The molecule has 1 atom stereocenters. The minimum absolute atomic E-state index is 0.0221. The van der Waals surface area contributed by atoms with Crippen molar-refractivity contribution < 1.29 is 18.7 Å². The molecule has 1 fully saturated rings. The first-order chi connectivity index (χ1) is 13.1. The van der Waals surface area contributed by atoms with Crippen molar-refractivity contribution in [2.75, 3.05) is 13.2 Å². The fourth-order valence-electron chi connectivity index (χ4n) is 2.65. The summed E-state index contributed by atoms with van der Waals surface area (Å²) in [6, 6.07) is 0. The van der Waals surface area contributed by atoms with Crippen molar-refractivity contribution in [1.29, 1.82) is 0 Å². The fourth-order valence-corrected chi connectivity index (χ4v) is 4.09. The van der Waals surface area contributed by atoms with E-state index in [1.165, 1.54) is 0 Å². The van der Waals surface area contributed by atoms with E-state index in [-0.39, 0.29) is 10.8 Å². The first-order valence-corrected chi connectivity index (χ1v) is 13.1. The van der Waals surface area contributed by atoms with E-state index in [0.717, 1.165) is 12.8 Å². The van der Waals surface area contributed by atoms with Gasteiger partial charge < -0.3 is 13.9 Å². The van der Waals surface area contributed by atoms with E-state index < -0.39 is 20.2 Å². The van der Waals surface area contributed by atoms with Gasteiger partial charge >= 0.3 is 0 Å². The summed E-state index contributed by atoms with van der Waals surface area (Å²) in [4.78, 5) is 12.8. The van der Waals surface area contributed by atoms with E-state index in [9.17, 15) is 4.79 Å². The highest BCUT2D eigenvalue weighted by atomic mass is 28.4. The third kappa shape index (κ3) is 7.22. The van der Waals surface area contributed by atoms with Crippen LogP contribution in [0.3, 0.4) is 0 Å². The molecule has 0 aromatic heterocycles. The molecule has 0 aromatic carbocycles. The van der Waals surface area contributed by atoms with Gasteiger partial charge in [-0.05, 0) is 69.3 Å². The lowest BCUT2D eigenvalue weighted by atomic mass is 9.84. The van der Waals surface area contributed by atoms with Gasteiger partial charge in [-0.25, -0.2) is 0 Å². The van der Waals surface area contributed by atoms with Crippen LogP contribution in [0.15, 0.2) is 12.2 Å². The number of carbonyl (C=O) groups excluding carboxylic acids is 1. The number of hydrogen-bond donors (Lipinski definition) is 0. The molecule has 0 spiro atoms. The van der Waals surface area contributed by atoms with Gasteiger partial charge in [-0.1, -0.05) is 38.5 Å². The van der Waals surface area contributed by atoms with E-state index in [2.05, 4.69) is 57.5 Å². The second kappa shape index (κ2) is 11.0. The smallest absolute Gasteiger partial charge is 0.222 e. The Labute approximate surface area is 172 Å². The first kappa shape index (κ1) is 24.7. The van der Waals surface area contributed by atoms with Crippen molar-refractivity contribution in [3.05, 3.63) is 12.2 Å². The molecule has 0 aliphatic heterocycles. The van der Waals surface area contributed by atoms with Crippen LogP contribution in [0.4, 0.5) is 0 Å². The second-order valence-corrected chi connectivity index (χ2v) is 13.2. The molecule has 28 heavy (non-hydrogen) atoms. The quantitative estimate of drug-likeness (QED) is 0.360. The van der Waals surface area contributed by atoms with E-state index in [1.807, 2.05) is 13.8 Å². The van der Waals surface area contributed by atoms with Crippen molar-refractivity contribution >= 4 is 14.1 Å². The summed E-state index contributed by atoms with van der Waals surface area (Å²) in [5.41, 5.74) is -0.974. The molecule has 4 nitrogen and oxygen atoms in total. The van der Waals surface area contributed by atoms with Gasteiger partial charge in [0.1, 0.15) is 0 Å². The zero-order chi connectivity index (χ0) is 21.3. The van der Waals surface area contributed by atoms with E-state index in [1.54, 1.807) is 12.2 Å². The molecule has 1 aliphatic carbocycles. The number of ether oxygens (including phenoxy) is 2. The third-order valence-corrected chi connectivity index (χ3v) is 9.70. The molecule has 1 unspecified atom stereocenters. The third-order valence-electron chi connectivity index (χ3n) is 5.23. The van der Waals surface area contributed by atoms with Gasteiger partial charge in [0.2, 0.25) is 6.29 Å². The maximum Gasteiger partial charge on any atom is 0.222 e. The lowest BCUT2D eigenvalue weighted by Gasteiger charge is -2.44. The maximum absolute atomic E-state index is 12.8. The van der Waals surface area contributed by atoms with Gasteiger partial charge in [-0.3, -0.25) is 4.79 Å². The Bertz CT molecular complexity index is 661. The largest absolute Gasteiger partial charge is 0.395 e. The molecule has 0 bridgehead atoms. The monoisotopic (exact) mass is 404 g/mol. The molecule has 0 N–H and O–H groups in total. The second-order valence-electron chi connectivity index (χ2n) is 8.45. The van der Waals surface area contributed by atoms with Crippen LogP contribution >= 0.6 is 0 Å². The Kier molecular flexibility index (Phi) is 9.67. The zero-order valence-electron chi connectivity index (χ0n) is 18.6. The number of hydrogen-bond acceptors (Lipinski definition) is 4. The Morgan fingerprint density at radius 2 is 1.71 bits per heavy atom. The average Bonchev–Trinajstić information content (AvgIpc) is 2.59. The summed E-state index contributed by atoms with van der Waals surface area (Å²) in [6.07, 6.45) is 5.88. The van der Waals surface area contributed by atoms with Gasteiger partial charge in [-0.2, -0.15) is 0 Å². The van der Waals surface area contributed by atoms with Crippen molar-refractivity contribution in [2.24, 2.45) is 0 Å². The van der Waals surface area contributed by atoms with Crippen LogP contribution in [0, 0.1) is 23.7 Å². The highest BCUT2D eigenvalue weighted by Gasteiger charge is 2.48. The number of carbonyl (C=O) groups is 1. The van der Waals surface area contributed by atoms with Gasteiger partial charge in [0.25, 0.3) is 0 Å². The zero-order valence-corrected chi connectivity index (χ0v) is 19.6. The summed E-state index contributed by atoms with van der Waals surface area (Å²) in [6.45, 7) is 15.7. The highest BCUT2D eigenvalue weighted by molar-refractivity contribution is 6.74. The fraction of sp³-hybridized carbons (Fsp3) is 0.696. The van der Waals surface area contributed by atoms with Crippen LogP contribution in [0.5, 0.6) is 0 Å². The van der Waals surface area contributed by atoms with Crippen LogP contribution in [-0.2, 0) is 18.7 Å². The van der Waals surface area contributed by atoms with Gasteiger partial charge in [0, 0.05) is 19.6 Å². The number of rotatable bonds is 6. The van der Waals surface area contributed by atoms with Crippen molar-refractivity contribution in [3.63, 3.8) is 0 Å². The Balaban J connectivity index is 2.98. The average molecular weight is 405 g/mol. The summed E-state index contributed by atoms with van der Waals surface area (Å²) >= 11 is 0. The van der Waals surface area contributed by atoms with E-state index in [0.29, 0.717) is 26.1 Å². The topological polar surface area (TPSA) is 44.8 Å². The van der Waals surface area contributed by atoms with Crippen LogP contribution in [0.25, 0.3) is 0 Å². The molecule has 1 aliphatic rings. The standard InChI is InChI=1S/C23H36O4Si/c1-8-25-21(26-9-2)17-12-10-11-14-18-23(19-15-13-16-20(23)24)27-28(6,7)22(3,4)5/h10-11,21H,8-9,13,15-16,19H2,1-7H3. The molecule has 1 rings (SSSR count). The Hall–Kier alpha value is -1.37. The minimum Gasteiger partial charge on any atom is -0.395 e. The predicted molar refractivity (Wildman–Crippen MR) is 116 cm³/mol. The van der Waals surface area contributed by atoms with Crippen LogP contribution < -0.4 is 0 Å². The Morgan fingerprint density at radius 3 is 2.25 bits per heavy atom. The number of allylic oxidation sites excluding steroid dienone is 2. The van der Waals surface area contributed by atoms with E-state index in [4.69, 9.17) is 13.9 Å². The molecule has 0 radical (unpaired) electrons. The molecular weight excluding hydrogens is 368 g/mol. The van der Waals surface area contributed by atoms with E-state index >= 15 is 0 Å². The molecule has 0 aromatic rings. The van der Waals surface area contributed by atoms with Gasteiger partial charge in [0.15, 0.2) is 19.7 Å². The molecular formula is C23H36O4Si. The minimum atomic E-state index is -2.12. The lowest BCUT2D eigenvalue weighted by molar-refractivity contribution is -0.133. The summed E-state index contributed by atoms with van der Waals surface area (Å²) < 4.78 is 17.3. The number of Topliss-reactive ketones (excluding diaryl/α,β-unsaturated/α-hetero) is 1. The van der Waals surface area contributed by atoms with Crippen molar-refractivity contribution in [2.45, 2.75) is 90.3 Å². The molecule has 1 saturated carbocycles. The SMILES string of the molecule is CCOC(C#CC=CC#CC1(O[Si](C)(C)C(C)(C)C)CCCCC1=O)OCC. The van der Waals surface area contributed by atoms with Crippen LogP contribution in [0.1, 0.15) is 60.3 Å². The molecule has 0 saturated heterocycles. The summed E-state index contributed by atoms with van der Waals surface area (Å²) in [7, 11) is -2.12. The summed E-state index contributed by atoms with van der Waals surface area (Å²) in [5.74, 6) is 12.0. The molecule has 0 amide bonds. The summed E-state index contributed by atoms with van der Waals surface area (Å²) in [5, 5.41) is 0.0221. The Morgan fingerprint density at radius 1 is 1.11 bits per heavy atom. The first-order valence-electron chi connectivity index (χ1n) is 10.2. The van der Waals surface area contributed by atoms with Crippen molar-refractivity contribution in [1.82, 2.24) is 0 Å². The molecule has 5 heteroatoms.